The third-order valence-electron chi connectivity index (χ3n) is 2.67. The largest absolute Gasteiger partial charge is 0.305 e. The average molecular weight is 281 g/mol. The molecule has 4 heteroatoms. The lowest BCUT2D eigenvalue weighted by Crippen LogP contribution is -2.18. The summed E-state index contributed by atoms with van der Waals surface area (Å²) in [5.41, 5.74) is 2.08. The van der Waals surface area contributed by atoms with Crippen LogP contribution in [-0.2, 0) is 6.54 Å². The highest BCUT2D eigenvalue weighted by Crippen LogP contribution is 2.19. The van der Waals surface area contributed by atoms with E-state index >= 15 is 0 Å². The Hall–Kier alpha value is -1.09. The Balaban J connectivity index is 1.99. The van der Waals surface area contributed by atoms with Gasteiger partial charge in [0.15, 0.2) is 0 Å². The molecule has 0 radical (unpaired) electrons. The van der Waals surface area contributed by atoms with E-state index in [4.69, 9.17) is 23.2 Å². The third-order valence-corrected chi connectivity index (χ3v) is 3.10. The molecule has 0 fully saturated rings. The first-order chi connectivity index (χ1) is 8.65. The van der Waals surface area contributed by atoms with Gasteiger partial charge in [0.1, 0.15) is 0 Å². The van der Waals surface area contributed by atoms with Crippen molar-refractivity contribution in [3.8, 4) is 0 Å². The van der Waals surface area contributed by atoms with Crippen molar-refractivity contribution in [1.82, 2.24) is 10.3 Å². The van der Waals surface area contributed by atoms with Crippen molar-refractivity contribution >= 4 is 23.2 Å². The molecule has 1 N–H and O–H groups in total. The SMILES string of the molecule is CC(NCc1cc(Cl)cc(Cl)c1)c1ccccn1. The topological polar surface area (TPSA) is 24.9 Å². The van der Waals surface area contributed by atoms with Gasteiger partial charge < -0.3 is 5.32 Å². The smallest absolute Gasteiger partial charge is 0.0570 e. The molecule has 2 aromatic rings. The van der Waals surface area contributed by atoms with Gasteiger partial charge in [0.2, 0.25) is 0 Å². The maximum Gasteiger partial charge on any atom is 0.0570 e. The lowest BCUT2D eigenvalue weighted by Gasteiger charge is -2.13. The Bertz CT molecular complexity index is 494. The summed E-state index contributed by atoms with van der Waals surface area (Å²) in [5.74, 6) is 0. The van der Waals surface area contributed by atoms with Crippen LogP contribution in [0.25, 0.3) is 0 Å². The summed E-state index contributed by atoms with van der Waals surface area (Å²) < 4.78 is 0. The minimum absolute atomic E-state index is 0.184. The zero-order valence-corrected chi connectivity index (χ0v) is 11.5. The summed E-state index contributed by atoms with van der Waals surface area (Å²) in [5, 5.41) is 4.70. The molecule has 1 atom stereocenters. The van der Waals surface area contributed by atoms with Gasteiger partial charge in [-0.05, 0) is 42.8 Å². The molecule has 0 saturated carbocycles. The van der Waals surface area contributed by atoms with Crippen molar-refractivity contribution in [1.29, 1.82) is 0 Å². The van der Waals surface area contributed by atoms with Gasteiger partial charge in [0.25, 0.3) is 0 Å². The Labute approximate surface area is 117 Å². The third kappa shape index (κ3) is 3.70. The van der Waals surface area contributed by atoms with Crippen LogP contribution in [0, 0.1) is 0 Å². The summed E-state index contributed by atoms with van der Waals surface area (Å²) in [6.07, 6.45) is 1.80. The number of nitrogens with one attached hydrogen (secondary N) is 1. The highest BCUT2D eigenvalue weighted by atomic mass is 35.5. The number of benzene rings is 1. The van der Waals surface area contributed by atoms with Gasteiger partial charge in [-0.15, -0.1) is 0 Å². The fraction of sp³-hybridized carbons (Fsp3) is 0.214. The molecule has 1 unspecified atom stereocenters. The van der Waals surface area contributed by atoms with Crippen molar-refractivity contribution < 1.29 is 0 Å². The van der Waals surface area contributed by atoms with E-state index in [0.29, 0.717) is 16.6 Å². The summed E-state index contributed by atoms with van der Waals surface area (Å²) in [6, 6.07) is 11.6. The molecule has 18 heavy (non-hydrogen) atoms. The quantitative estimate of drug-likeness (QED) is 0.906. The van der Waals surface area contributed by atoms with Gasteiger partial charge in [0.05, 0.1) is 5.69 Å². The maximum absolute atomic E-state index is 5.96. The van der Waals surface area contributed by atoms with Crippen molar-refractivity contribution in [3.05, 3.63) is 63.9 Å². The van der Waals surface area contributed by atoms with E-state index in [2.05, 4.69) is 17.2 Å². The molecule has 2 nitrogen and oxygen atoms in total. The van der Waals surface area contributed by atoms with Crippen LogP contribution in [0.5, 0.6) is 0 Å². The number of aromatic nitrogens is 1. The first-order valence-corrected chi connectivity index (χ1v) is 6.50. The molecule has 0 aliphatic carbocycles. The molecular weight excluding hydrogens is 267 g/mol. The number of nitrogens with zero attached hydrogens (tertiary/aromatic N) is 1. The normalized spacial score (nSPS) is 12.4. The molecule has 0 saturated heterocycles. The summed E-state index contributed by atoms with van der Waals surface area (Å²) in [6.45, 7) is 2.78. The monoisotopic (exact) mass is 280 g/mol. The zero-order valence-electron chi connectivity index (χ0n) is 10.0. The Morgan fingerprint density at radius 3 is 2.50 bits per heavy atom. The van der Waals surface area contributed by atoms with E-state index in [1.807, 2.05) is 30.3 Å². The van der Waals surface area contributed by atoms with Gasteiger partial charge in [-0.1, -0.05) is 29.3 Å². The first kappa shape index (κ1) is 13.3. The number of rotatable bonds is 4. The van der Waals surface area contributed by atoms with E-state index in [1.54, 1.807) is 12.3 Å². The number of pyridine rings is 1. The minimum atomic E-state index is 0.184. The molecule has 2 rings (SSSR count). The van der Waals surface area contributed by atoms with Gasteiger partial charge in [-0.25, -0.2) is 0 Å². The Morgan fingerprint density at radius 2 is 1.89 bits per heavy atom. The lowest BCUT2D eigenvalue weighted by atomic mass is 10.2. The van der Waals surface area contributed by atoms with Crippen molar-refractivity contribution in [2.75, 3.05) is 0 Å². The molecule has 1 aromatic carbocycles. The number of hydrogen-bond acceptors (Lipinski definition) is 2. The fourth-order valence-electron chi connectivity index (χ4n) is 1.72. The van der Waals surface area contributed by atoms with E-state index in [-0.39, 0.29) is 6.04 Å². The highest BCUT2D eigenvalue weighted by molar-refractivity contribution is 6.34. The second-order valence-corrected chi connectivity index (χ2v) is 5.01. The van der Waals surface area contributed by atoms with Gasteiger partial charge in [-0.2, -0.15) is 0 Å². The van der Waals surface area contributed by atoms with Gasteiger partial charge in [0, 0.05) is 28.8 Å². The van der Waals surface area contributed by atoms with Crippen LogP contribution in [0.3, 0.4) is 0 Å². The van der Waals surface area contributed by atoms with Crippen molar-refractivity contribution in [2.24, 2.45) is 0 Å². The summed E-state index contributed by atoms with van der Waals surface area (Å²) in [7, 11) is 0. The molecule has 0 amide bonds. The van der Waals surface area contributed by atoms with Crippen LogP contribution in [0.4, 0.5) is 0 Å². The minimum Gasteiger partial charge on any atom is -0.305 e. The van der Waals surface area contributed by atoms with Crippen LogP contribution in [-0.4, -0.2) is 4.98 Å². The van der Waals surface area contributed by atoms with Gasteiger partial charge in [-0.3, -0.25) is 4.98 Å². The summed E-state index contributed by atoms with van der Waals surface area (Å²) in [4.78, 5) is 4.31. The predicted octanol–water partition coefficient (Wildman–Crippen LogP) is 4.24. The maximum atomic E-state index is 5.96. The predicted molar refractivity (Wildman–Crippen MR) is 76.0 cm³/mol. The zero-order chi connectivity index (χ0) is 13.0. The van der Waals surface area contributed by atoms with Crippen molar-refractivity contribution in [2.45, 2.75) is 19.5 Å². The van der Waals surface area contributed by atoms with Gasteiger partial charge >= 0.3 is 0 Å². The molecule has 0 aliphatic rings. The Kier molecular flexibility index (Phi) is 4.59. The number of hydrogen-bond donors (Lipinski definition) is 1. The second kappa shape index (κ2) is 6.19. The average Bonchev–Trinajstić information content (AvgIpc) is 2.36. The molecular formula is C14H14Cl2N2. The van der Waals surface area contributed by atoms with E-state index in [0.717, 1.165) is 11.3 Å². The first-order valence-electron chi connectivity index (χ1n) is 5.74. The fourth-order valence-corrected chi connectivity index (χ4v) is 2.29. The molecule has 0 aliphatic heterocycles. The molecule has 1 aromatic heterocycles. The van der Waals surface area contributed by atoms with Crippen LogP contribution in [0.15, 0.2) is 42.6 Å². The van der Waals surface area contributed by atoms with E-state index < -0.39 is 0 Å². The highest BCUT2D eigenvalue weighted by Gasteiger charge is 2.06. The molecule has 0 bridgehead atoms. The second-order valence-electron chi connectivity index (χ2n) is 4.13. The van der Waals surface area contributed by atoms with E-state index in [1.165, 1.54) is 0 Å². The van der Waals surface area contributed by atoms with Crippen LogP contribution in [0.2, 0.25) is 10.0 Å². The van der Waals surface area contributed by atoms with E-state index in [9.17, 15) is 0 Å². The molecule has 0 spiro atoms. The molecule has 94 valence electrons. The van der Waals surface area contributed by atoms with Crippen LogP contribution >= 0.6 is 23.2 Å². The van der Waals surface area contributed by atoms with Crippen molar-refractivity contribution in [3.63, 3.8) is 0 Å². The van der Waals surface area contributed by atoms with Crippen LogP contribution < -0.4 is 5.32 Å². The Morgan fingerprint density at radius 1 is 1.17 bits per heavy atom. The van der Waals surface area contributed by atoms with Crippen LogP contribution in [0.1, 0.15) is 24.2 Å². The standard InChI is InChI=1S/C14H14Cl2N2/c1-10(14-4-2-3-5-17-14)18-9-11-6-12(15)8-13(16)7-11/h2-8,10,18H,9H2,1H3. The summed E-state index contributed by atoms with van der Waals surface area (Å²) >= 11 is 11.9. The molecule has 1 heterocycles. The number of halogens is 2. The lowest BCUT2D eigenvalue weighted by molar-refractivity contribution is 0.561.